The minimum Gasteiger partial charge on any atom is -0.478 e. The van der Waals surface area contributed by atoms with Crippen LogP contribution in [0.3, 0.4) is 0 Å². The van der Waals surface area contributed by atoms with Crippen LogP contribution in [0.2, 0.25) is 0 Å². The highest BCUT2D eigenvalue weighted by molar-refractivity contribution is 6.03. The summed E-state index contributed by atoms with van der Waals surface area (Å²) in [6.07, 6.45) is 2.58. The topological polar surface area (TPSA) is 129 Å². The van der Waals surface area contributed by atoms with Gasteiger partial charge in [-0.1, -0.05) is 103 Å². The van der Waals surface area contributed by atoms with Gasteiger partial charge in [0.25, 0.3) is 0 Å². The lowest BCUT2D eigenvalue weighted by Gasteiger charge is -2.11. The van der Waals surface area contributed by atoms with Gasteiger partial charge in [-0.05, 0) is 107 Å². The molecular formula is C46H40O9. The predicted octanol–water partition coefficient (Wildman–Crippen LogP) is 8.80. The van der Waals surface area contributed by atoms with E-state index in [0.717, 1.165) is 33.4 Å². The SMILES string of the molecule is O=C(O)c1ccc(Cc2ccccc2)cc1COOc1ccc(CCOCCc2ccc(OC(=O)c3cc(Cc4ccccc4)ccc3C(=O)O)cc2)cc1. The van der Waals surface area contributed by atoms with Gasteiger partial charge >= 0.3 is 17.9 Å². The Hall–Kier alpha value is -6.55. The maximum absolute atomic E-state index is 13.1. The van der Waals surface area contributed by atoms with Crippen molar-refractivity contribution in [1.29, 1.82) is 0 Å². The van der Waals surface area contributed by atoms with E-state index in [0.29, 0.717) is 56.0 Å². The van der Waals surface area contributed by atoms with Crippen LogP contribution in [0.25, 0.3) is 0 Å². The molecule has 0 aliphatic heterocycles. The second kappa shape index (κ2) is 19.0. The van der Waals surface area contributed by atoms with Crippen molar-refractivity contribution in [2.45, 2.75) is 32.3 Å². The molecule has 0 aliphatic rings. The molecule has 6 aromatic rings. The first-order chi connectivity index (χ1) is 26.8. The van der Waals surface area contributed by atoms with Crippen LogP contribution in [0.1, 0.15) is 70.0 Å². The minimum atomic E-state index is -1.20. The number of carboxylic acids is 2. The number of carbonyl (C=O) groups excluding carboxylic acids is 1. The Bertz CT molecular complexity index is 2200. The monoisotopic (exact) mass is 736 g/mol. The van der Waals surface area contributed by atoms with Crippen LogP contribution in [0, 0.1) is 0 Å². The van der Waals surface area contributed by atoms with Crippen molar-refractivity contribution in [1.82, 2.24) is 0 Å². The molecule has 0 unspecified atom stereocenters. The van der Waals surface area contributed by atoms with Gasteiger partial charge in [-0.2, -0.15) is 4.89 Å². The predicted molar refractivity (Wildman–Crippen MR) is 207 cm³/mol. The first-order valence-electron chi connectivity index (χ1n) is 17.9. The summed E-state index contributed by atoms with van der Waals surface area (Å²) in [5.41, 5.74) is 6.60. The van der Waals surface area contributed by atoms with Crippen molar-refractivity contribution in [3.05, 3.63) is 201 Å². The van der Waals surface area contributed by atoms with E-state index in [9.17, 15) is 24.6 Å². The molecule has 55 heavy (non-hydrogen) atoms. The van der Waals surface area contributed by atoms with Crippen molar-refractivity contribution in [3.8, 4) is 11.5 Å². The molecule has 0 aliphatic carbocycles. The van der Waals surface area contributed by atoms with Gasteiger partial charge in [0, 0.05) is 0 Å². The Morgan fingerprint density at radius 1 is 0.473 bits per heavy atom. The molecule has 2 N–H and O–H groups in total. The van der Waals surface area contributed by atoms with Crippen LogP contribution in [0.5, 0.6) is 11.5 Å². The summed E-state index contributed by atoms with van der Waals surface area (Å²) in [6.45, 7) is 0.986. The van der Waals surface area contributed by atoms with E-state index >= 15 is 0 Å². The first-order valence-corrected chi connectivity index (χ1v) is 17.9. The quantitative estimate of drug-likeness (QED) is 0.0293. The molecule has 0 saturated carbocycles. The van der Waals surface area contributed by atoms with Gasteiger partial charge in [0.05, 0.1) is 29.9 Å². The van der Waals surface area contributed by atoms with Gasteiger partial charge in [0.1, 0.15) is 12.4 Å². The molecule has 0 atom stereocenters. The summed E-state index contributed by atoms with van der Waals surface area (Å²) in [5.74, 6) is -2.14. The molecule has 0 amide bonds. The molecule has 6 aromatic carbocycles. The van der Waals surface area contributed by atoms with Crippen molar-refractivity contribution >= 4 is 17.9 Å². The Balaban J connectivity index is 0.918. The molecule has 0 spiro atoms. The standard InChI is InChI=1S/C46H40O9/c47-44(48)41-21-15-36(27-34-7-3-1-4-8-34)29-38(41)31-53-55-40-19-13-33(14-20-40)24-26-52-25-23-32-11-17-39(18-12-32)54-46(51)43-30-37(16-22-42(43)45(49)50)28-35-9-5-2-6-10-35/h1-22,29-30H,23-28,31H2,(H,47,48)(H,49,50). The van der Waals surface area contributed by atoms with Crippen LogP contribution < -0.4 is 9.62 Å². The fourth-order valence-electron chi connectivity index (χ4n) is 6.05. The fourth-order valence-corrected chi connectivity index (χ4v) is 6.05. The van der Waals surface area contributed by atoms with Gasteiger partial charge in [-0.25, -0.2) is 14.4 Å². The molecule has 0 fully saturated rings. The van der Waals surface area contributed by atoms with Gasteiger partial charge < -0.3 is 24.6 Å². The van der Waals surface area contributed by atoms with Crippen LogP contribution in [-0.4, -0.2) is 41.3 Å². The molecule has 0 aromatic heterocycles. The fraction of sp³-hybridized carbons (Fsp3) is 0.152. The lowest BCUT2D eigenvalue weighted by Crippen LogP contribution is -2.15. The average Bonchev–Trinajstić information content (AvgIpc) is 3.19. The zero-order valence-corrected chi connectivity index (χ0v) is 30.1. The summed E-state index contributed by atoms with van der Waals surface area (Å²) < 4.78 is 11.4. The van der Waals surface area contributed by atoms with Crippen molar-refractivity contribution in [3.63, 3.8) is 0 Å². The van der Waals surface area contributed by atoms with E-state index in [4.69, 9.17) is 19.2 Å². The third-order valence-electron chi connectivity index (χ3n) is 8.93. The maximum atomic E-state index is 13.1. The second-order valence-corrected chi connectivity index (χ2v) is 12.9. The number of hydrogen-bond donors (Lipinski definition) is 2. The number of aromatic carboxylic acids is 2. The maximum Gasteiger partial charge on any atom is 0.344 e. The second-order valence-electron chi connectivity index (χ2n) is 12.9. The molecule has 278 valence electrons. The smallest absolute Gasteiger partial charge is 0.344 e. The Morgan fingerprint density at radius 3 is 1.51 bits per heavy atom. The lowest BCUT2D eigenvalue weighted by atomic mass is 9.99. The van der Waals surface area contributed by atoms with E-state index in [-0.39, 0.29) is 23.3 Å². The molecular weight excluding hydrogens is 696 g/mol. The summed E-state index contributed by atoms with van der Waals surface area (Å²) in [7, 11) is 0. The highest BCUT2D eigenvalue weighted by Crippen LogP contribution is 2.21. The third-order valence-corrected chi connectivity index (χ3v) is 8.93. The van der Waals surface area contributed by atoms with Gasteiger partial charge in [-0.3, -0.25) is 0 Å². The van der Waals surface area contributed by atoms with Gasteiger partial charge in [-0.15, -0.1) is 0 Å². The van der Waals surface area contributed by atoms with Crippen molar-refractivity contribution in [2.75, 3.05) is 13.2 Å². The molecule has 0 heterocycles. The summed E-state index contributed by atoms with van der Waals surface area (Å²) in [5, 5.41) is 19.3. The molecule has 0 bridgehead atoms. The van der Waals surface area contributed by atoms with Crippen molar-refractivity contribution in [2.24, 2.45) is 0 Å². The molecule has 0 radical (unpaired) electrons. The van der Waals surface area contributed by atoms with E-state index in [1.165, 1.54) is 6.07 Å². The van der Waals surface area contributed by atoms with Crippen LogP contribution in [0.4, 0.5) is 0 Å². The zero-order chi connectivity index (χ0) is 38.4. The number of rotatable bonds is 18. The Labute approximate surface area is 319 Å². The van der Waals surface area contributed by atoms with E-state index in [1.54, 1.807) is 42.5 Å². The number of ether oxygens (including phenoxy) is 2. The molecule has 0 saturated heterocycles. The average molecular weight is 737 g/mol. The van der Waals surface area contributed by atoms with E-state index < -0.39 is 17.9 Å². The lowest BCUT2D eigenvalue weighted by molar-refractivity contribution is -0.217. The van der Waals surface area contributed by atoms with Gasteiger partial charge in [0.15, 0.2) is 5.75 Å². The van der Waals surface area contributed by atoms with Crippen LogP contribution in [0.15, 0.2) is 146 Å². The van der Waals surface area contributed by atoms with Crippen molar-refractivity contribution < 1.29 is 43.8 Å². The number of carboxylic acid groups (broad SMARTS) is 2. The highest BCUT2D eigenvalue weighted by atomic mass is 17.2. The van der Waals surface area contributed by atoms with Crippen LogP contribution >= 0.6 is 0 Å². The number of carbonyl (C=O) groups is 3. The minimum absolute atomic E-state index is 0.00131. The summed E-state index contributed by atoms with van der Waals surface area (Å²) >= 11 is 0. The third kappa shape index (κ3) is 11.2. The van der Waals surface area contributed by atoms with Crippen LogP contribution in [-0.2, 0) is 41.9 Å². The number of hydrogen-bond acceptors (Lipinski definition) is 7. The molecule has 6 rings (SSSR count). The normalized spacial score (nSPS) is 10.8. The summed E-state index contributed by atoms with van der Waals surface area (Å²) in [4.78, 5) is 47.6. The Morgan fingerprint density at radius 2 is 0.964 bits per heavy atom. The number of benzene rings is 6. The first kappa shape index (κ1) is 38.2. The Kier molecular flexibility index (Phi) is 13.2. The molecule has 9 heteroatoms. The highest BCUT2D eigenvalue weighted by Gasteiger charge is 2.20. The summed E-state index contributed by atoms with van der Waals surface area (Å²) in [6, 6.07) is 44.2. The zero-order valence-electron chi connectivity index (χ0n) is 30.1. The van der Waals surface area contributed by atoms with E-state index in [2.05, 4.69) is 0 Å². The van der Waals surface area contributed by atoms with E-state index in [1.807, 2.05) is 97.1 Å². The number of esters is 1. The van der Waals surface area contributed by atoms with Gasteiger partial charge in [0.2, 0.25) is 0 Å². The molecule has 9 nitrogen and oxygen atoms in total. The largest absolute Gasteiger partial charge is 0.478 e.